The van der Waals surface area contributed by atoms with Crippen LogP contribution in [0, 0.1) is 0 Å². The molecule has 1 aliphatic carbocycles. The minimum atomic E-state index is 0.188. The molecule has 1 nitrogen and oxygen atoms in total. The predicted molar refractivity (Wildman–Crippen MR) is 65.0 cm³/mol. The predicted octanol–water partition coefficient (Wildman–Crippen LogP) is 3.23. The fourth-order valence-electron chi connectivity index (χ4n) is 1.91. The van der Waals surface area contributed by atoms with Gasteiger partial charge in [-0.05, 0) is 42.7 Å². The van der Waals surface area contributed by atoms with Crippen molar-refractivity contribution in [2.75, 3.05) is 0 Å². The summed E-state index contributed by atoms with van der Waals surface area (Å²) >= 11 is 0. The van der Waals surface area contributed by atoms with E-state index in [4.69, 9.17) is 5.73 Å². The lowest BCUT2D eigenvalue weighted by molar-refractivity contribution is 0.609. The Labute approximate surface area is 92.7 Å². The second kappa shape index (κ2) is 3.97. The topological polar surface area (TPSA) is 26.0 Å². The third-order valence-corrected chi connectivity index (χ3v) is 3.42. The molecule has 1 aromatic rings. The highest BCUT2D eigenvalue weighted by atomic mass is 14.8. The molecule has 0 aromatic heterocycles. The SMILES string of the molecule is CC(C)c1cccc(CCC2(N)CC2)c1. The maximum absolute atomic E-state index is 6.09. The van der Waals surface area contributed by atoms with Crippen molar-refractivity contribution in [3.63, 3.8) is 0 Å². The molecule has 0 spiro atoms. The van der Waals surface area contributed by atoms with Crippen molar-refractivity contribution in [2.24, 2.45) is 5.73 Å². The fourth-order valence-corrected chi connectivity index (χ4v) is 1.91. The van der Waals surface area contributed by atoms with Gasteiger partial charge in [-0.15, -0.1) is 0 Å². The van der Waals surface area contributed by atoms with Gasteiger partial charge in [0.2, 0.25) is 0 Å². The minimum Gasteiger partial charge on any atom is -0.325 e. The van der Waals surface area contributed by atoms with E-state index in [-0.39, 0.29) is 5.54 Å². The zero-order chi connectivity index (χ0) is 10.9. The van der Waals surface area contributed by atoms with Crippen LogP contribution in [-0.4, -0.2) is 5.54 Å². The normalized spacial score (nSPS) is 18.1. The largest absolute Gasteiger partial charge is 0.325 e. The summed E-state index contributed by atoms with van der Waals surface area (Å²) < 4.78 is 0. The van der Waals surface area contributed by atoms with Crippen LogP contribution in [0.4, 0.5) is 0 Å². The van der Waals surface area contributed by atoms with Crippen LogP contribution in [0.25, 0.3) is 0 Å². The van der Waals surface area contributed by atoms with E-state index in [9.17, 15) is 0 Å². The lowest BCUT2D eigenvalue weighted by atomic mass is 9.97. The van der Waals surface area contributed by atoms with Gasteiger partial charge < -0.3 is 5.73 Å². The number of hydrogen-bond acceptors (Lipinski definition) is 1. The Morgan fingerprint density at radius 3 is 2.67 bits per heavy atom. The third-order valence-electron chi connectivity index (χ3n) is 3.42. The molecule has 1 aliphatic rings. The zero-order valence-corrected chi connectivity index (χ0v) is 9.79. The Balaban J connectivity index is 1.98. The minimum absolute atomic E-state index is 0.188. The monoisotopic (exact) mass is 203 g/mol. The smallest absolute Gasteiger partial charge is 0.0158 e. The molecule has 0 saturated heterocycles. The molecule has 1 aromatic carbocycles. The third kappa shape index (κ3) is 2.82. The summed E-state index contributed by atoms with van der Waals surface area (Å²) in [5.74, 6) is 0.623. The molecular formula is C14H21N. The fraction of sp³-hybridized carbons (Fsp3) is 0.571. The highest BCUT2D eigenvalue weighted by Gasteiger charge is 2.37. The second-order valence-corrected chi connectivity index (χ2v) is 5.26. The van der Waals surface area contributed by atoms with E-state index in [0.717, 1.165) is 12.8 Å². The van der Waals surface area contributed by atoms with Crippen molar-refractivity contribution < 1.29 is 0 Å². The number of aryl methyl sites for hydroxylation is 1. The van der Waals surface area contributed by atoms with Crippen LogP contribution in [0.2, 0.25) is 0 Å². The lowest BCUT2D eigenvalue weighted by Gasteiger charge is -2.10. The van der Waals surface area contributed by atoms with Crippen molar-refractivity contribution in [3.8, 4) is 0 Å². The molecule has 1 fully saturated rings. The molecular weight excluding hydrogens is 182 g/mol. The van der Waals surface area contributed by atoms with Crippen LogP contribution in [0.15, 0.2) is 24.3 Å². The van der Waals surface area contributed by atoms with Gasteiger partial charge in [-0.1, -0.05) is 38.1 Å². The van der Waals surface area contributed by atoms with E-state index >= 15 is 0 Å². The average Bonchev–Trinajstić information content (AvgIpc) is 2.95. The van der Waals surface area contributed by atoms with E-state index in [1.165, 1.54) is 24.0 Å². The summed E-state index contributed by atoms with van der Waals surface area (Å²) in [6.45, 7) is 4.48. The van der Waals surface area contributed by atoms with Crippen molar-refractivity contribution in [2.45, 2.75) is 51.0 Å². The Bertz CT molecular complexity index is 337. The van der Waals surface area contributed by atoms with Crippen LogP contribution >= 0.6 is 0 Å². The molecule has 15 heavy (non-hydrogen) atoms. The van der Waals surface area contributed by atoms with E-state index in [1.54, 1.807) is 0 Å². The van der Waals surface area contributed by atoms with Gasteiger partial charge in [0.1, 0.15) is 0 Å². The molecule has 0 amide bonds. The maximum atomic E-state index is 6.09. The lowest BCUT2D eigenvalue weighted by Crippen LogP contribution is -2.22. The summed E-state index contributed by atoms with van der Waals surface area (Å²) in [6.07, 6.45) is 4.72. The number of benzene rings is 1. The molecule has 0 aliphatic heterocycles. The van der Waals surface area contributed by atoms with E-state index in [2.05, 4.69) is 38.1 Å². The molecule has 0 bridgehead atoms. The highest BCUT2D eigenvalue weighted by molar-refractivity contribution is 5.26. The van der Waals surface area contributed by atoms with E-state index < -0.39 is 0 Å². The van der Waals surface area contributed by atoms with Gasteiger partial charge in [-0.3, -0.25) is 0 Å². The summed E-state index contributed by atoms with van der Waals surface area (Å²) in [5.41, 5.74) is 9.16. The number of nitrogens with two attached hydrogens (primary N) is 1. The highest BCUT2D eigenvalue weighted by Crippen LogP contribution is 2.36. The number of hydrogen-bond donors (Lipinski definition) is 1. The van der Waals surface area contributed by atoms with Gasteiger partial charge in [-0.2, -0.15) is 0 Å². The first-order valence-corrected chi connectivity index (χ1v) is 5.97. The summed E-state index contributed by atoms with van der Waals surface area (Å²) in [5, 5.41) is 0. The van der Waals surface area contributed by atoms with Crippen molar-refractivity contribution in [1.82, 2.24) is 0 Å². The van der Waals surface area contributed by atoms with Crippen molar-refractivity contribution >= 4 is 0 Å². The van der Waals surface area contributed by atoms with Crippen LogP contribution < -0.4 is 5.73 Å². The molecule has 0 heterocycles. The van der Waals surface area contributed by atoms with Crippen LogP contribution in [0.3, 0.4) is 0 Å². The molecule has 82 valence electrons. The summed E-state index contributed by atoms with van der Waals surface area (Å²) in [6, 6.07) is 8.93. The van der Waals surface area contributed by atoms with Gasteiger partial charge in [-0.25, -0.2) is 0 Å². The molecule has 2 N–H and O–H groups in total. The van der Waals surface area contributed by atoms with Crippen LogP contribution in [0.5, 0.6) is 0 Å². The zero-order valence-electron chi connectivity index (χ0n) is 9.79. The van der Waals surface area contributed by atoms with Crippen molar-refractivity contribution in [1.29, 1.82) is 0 Å². The molecule has 2 rings (SSSR count). The Morgan fingerprint density at radius 2 is 2.07 bits per heavy atom. The van der Waals surface area contributed by atoms with Gasteiger partial charge >= 0.3 is 0 Å². The van der Waals surface area contributed by atoms with E-state index in [1.807, 2.05) is 0 Å². The van der Waals surface area contributed by atoms with Gasteiger partial charge in [0.15, 0.2) is 0 Å². The van der Waals surface area contributed by atoms with Crippen molar-refractivity contribution in [3.05, 3.63) is 35.4 Å². The van der Waals surface area contributed by atoms with Gasteiger partial charge in [0, 0.05) is 5.54 Å². The Morgan fingerprint density at radius 1 is 1.33 bits per heavy atom. The molecule has 0 atom stereocenters. The maximum Gasteiger partial charge on any atom is 0.0158 e. The second-order valence-electron chi connectivity index (χ2n) is 5.26. The summed E-state index contributed by atoms with van der Waals surface area (Å²) in [4.78, 5) is 0. The summed E-state index contributed by atoms with van der Waals surface area (Å²) in [7, 11) is 0. The first-order chi connectivity index (χ1) is 7.09. The molecule has 1 saturated carbocycles. The number of rotatable bonds is 4. The standard InChI is InChI=1S/C14H21N/c1-11(2)13-5-3-4-12(10-13)6-7-14(15)8-9-14/h3-5,10-11H,6-9,15H2,1-2H3. The molecule has 1 heteroatoms. The average molecular weight is 203 g/mol. The first-order valence-electron chi connectivity index (χ1n) is 5.97. The Kier molecular flexibility index (Phi) is 2.83. The Hall–Kier alpha value is -0.820. The van der Waals surface area contributed by atoms with Crippen LogP contribution in [-0.2, 0) is 6.42 Å². The molecule has 0 radical (unpaired) electrons. The van der Waals surface area contributed by atoms with Crippen LogP contribution in [0.1, 0.15) is 50.2 Å². The first kappa shape index (κ1) is 10.7. The quantitative estimate of drug-likeness (QED) is 0.798. The van der Waals surface area contributed by atoms with Gasteiger partial charge in [0.25, 0.3) is 0 Å². The van der Waals surface area contributed by atoms with E-state index in [0.29, 0.717) is 5.92 Å². The van der Waals surface area contributed by atoms with Gasteiger partial charge in [0.05, 0.1) is 0 Å². The molecule has 0 unspecified atom stereocenters.